The fraction of sp³-hybridized carbons (Fsp3) is 0.148. The molecule has 5 heteroatoms. The highest BCUT2D eigenvalue weighted by Crippen LogP contribution is 2.46. The lowest BCUT2D eigenvalue weighted by molar-refractivity contribution is -0.137. The van der Waals surface area contributed by atoms with E-state index in [9.17, 15) is 9.59 Å². The molecule has 0 fully saturated rings. The molecular weight excluding hydrogens is 419 g/mol. The summed E-state index contributed by atoms with van der Waals surface area (Å²) in [6.45, 7) is 1.33. The summed E-state index contributed by atoms with van der Waals surface area (Å²) in [5.74, 6) is -0.945. The first-order valence-electron chi connectivity index (χ1n) is 10.6. The number of carbonyl (C=O) groups excluding carboxylic acids is 2. The van der Waals surface area contributed by atoms with Crippen molar-refractivity contribution in [1.29, 1.82) is 0 Å². The molecule has 3 rings (SSSR count). The lowest BCUT2D eigenvalue weighted by Crippen LogP contribution is -2.33. The van der Waals surface area contributed by atoms with Crippen LogP contribution in [0.1, 0.15) is 13.8 Å². The first-order chi connectivity index (χ1) is 15.6. The molecule has 0 amide bonds. The van der Waals surface area contributed by atoms with Crippen molar-refractivity contribution < 1.29 is 19.1 Å². The van der Waals surface area contributed by atoms with Crippen LogP contribution in [0.5, 0.6) is 0 Å². The summed E-state index contributed by atoms with van der Waals surface area (Å²) >= 11 is 0. The Kier molecular flexibility index (Phi) is 8.24. The van der Waals surface area contributed by atoms with E-state index in [0.29, 0.717) is 5.29 Å². The minimum atomic E-state index is -2.68. The minimum absolute atomic E-state index is 0.230. The molecule has 0 spiro atoms. The van der Waals surface area contributed by atoms with Crippen LogP contribution >= 0.6 is 6.89 Å². The summed E-state index contributed by atoms with van der Waals surface area (Å²) in [6, 6.07) is 29.8. The van der Waals surface area contributed by atoms with Crippen molar-refractivity contribution in [1.82, 2.24) is 0 Å². The third kappa shape index (κ3) is 4.92. The van der Waals surface area contributed by atoms with Crippen LogP contribution in [-0.2, 0) is 19.1 Å². The lowest BCUT2D eigenvalue weighted by atomic mass is 10.3. The molecule has 3 aromatic carbocycles. The zero-order valence-corrected chi connectivity index (χ0v) is 19.2. The van der Waals surface area contributed by atoms with Gasteiger partial charge in [0.05, 0.1) is 18.5 Å². The maximum atomic E-state index is 13.4. The Balaban J connectivity index is 2.52. The van der Waals surface area contributed by atoms with Gasteiger partial charge >= 0.3 is 11.9 Å². The number of hydrogen-bond donors (Lipinski definition) is 0. The first-order valence-corrected chi connectivity index (χ1v) is 12.4. The molecule has 0 saturated heterocycles. The highest BCUT2D eigenvalue weighted by Gasteiger charge is 2.32. The van der Waals surface area contributed by atoms with Crippen LogP contribution in [0.2, 0.25) is 0 Å². The zero-order valence-electron chi connectivity index (χ0n) is 18.3. The maximum absolute atomic E-state index is 13.4. The SMILES string of the molecule is CCOC(=O)/C=C/C(C(=O)OCC)=P(c1ccccc1)(c1ccccc1)c1ccccc1. The number of carbonyl (C=O) groups is 2. The molecule has 0 aliphatic rings. The van der Waals surface area contributed by atoms with Gasteiger partial charge in [0, 0.05) is 6.08 Å². The van der Waals surface area contributed by atoms with Gasteiger partial charge in [-0.05, 0) is 42.7 Å². The van der Waals surface area contributed by atoms with E-state index in [1.54, 1.807) is 19.9 Å². The summed E-state index contributed by atoms with van der Waals surface area (Å²) in [5.41, 5.74) is 0. The Labute approximate surface area is 189 Å². The molecular formula is C27H27O4P. The number of ether oxygens (including phenoxy) is 2. The van der Waals surface area contributed by atoms with E-state index in [-0.39, 0.29) is 13.2 Å². The fourth-order valence-electron chi connectivity index (χ4n) is 3.68. The van der Waals surface area contributed by atoms with Crippen LogP contribution in [0.25, 0.3) is 0 Å². The molecule has 0 aliphatic heterocycles. The van der Waals surface area contributed by atoms with Gasteiger partial charge in [-0.15, -0.1) is 0 Å². The largest absolute Gasteiger partial charge is 0.463 e. The molecule has 0 aromatic heterocycles. The Hall–Kier alpha value is -3.36. The number of hydrogen-bond acceptors (Lipinski definition) is 4. The van der Waals surface area contributed by atoms with Crippen LogP contribution in [0.3, 0.4) is 0 Å². The monoisotopic (exact) mass is 446 g/mol. The Morgan fingerprint density at radius 3 is 1.44 bits per heavy atom. The molecule has 0 aliphatic carbocycles. The standard InChI is InChI=1S/C27H27O4P/c1-3-30-26(28)21-20-25(27(29)31-4-2)32(22-14-8-5-9-15-22,23-16-10-6-11-17-23)24-18-12-7-13-19-24/h5-21H,3-4H2,1-2H3/b21-20+. The maximum Gasteiger partial charge on any atom is 0.339 e. The Morgan fingerprint density at radius 1 is 0.656 bits per heavy atom. The number of rotatable bonds is 8. The van der Waals surface area contributed by atoms with E-state index < -0.39 is 18.8 Å². The van der Waals surface area contributed by atoms with E-state index in [4.69, 9.17) is 9.47 Å². The molecule has 0 heterocycles. The smallest absolute Gasteiger partial charge is 0.339 e. The summed E-state index contributed by atoms with van der Waals surface area (Å²) in [7, 11) is 0. The predicted molar refractivity (Wildman–Crippen MR) is 133 cm³/mol. The average molecular weight is 446 g/mol. The molecule has 0 radical (unpaired) electrons. The van der Waals surface area contributed by atoms with Crippen molar-refractivity contribution in [2.45, 2.75) is 13.8 Å². The summed E-state index contributed by atoms with van der Waals surface area (Å²) < 4.78 is 10.6. The van der Waals surface area contributed by atoms with E-state index >= 15 is 0 Å². The van der Waals surface area contributed by atoms with Crippen LogP contribution < -0.4 is 15.9 Å². The van der Waals surface area contributed by atoms with Crippen molar-refractivity contribution >= 4 is 40.0 Å². The van der Waals surface area contributed by atoms with Crippen molar-refractivity contribution in [2.24, 2.45) is 0 Å². The van der Waals surface area contributed by atoms with Crippen molar-refractivity contribution in [2.75, 3.05) is 13.2 Å². The molecule has 164 valence electrons. The lowest BCUT2D eigenvalue weighted by Gasteiger charge is -2.31. The van der Waals surface area contributed by atoms with Crippen molar-refractivity contribution in [3.63, 3.8) is 0 Å². The highest BCUT2D eigenvalue weighted by molar-refractivity contribution is 7.96. The van der Waals surface area contributed by atoms with Gasteiger partial charge in [-0.2, -0.15) is 0 Å². The normalized spacial score (nSPS) is 11.2. The number of benzene rings is 3. The van der Waals surface area contributed by atoms with E-state index in [1.165, 1.54) is 6.08 Å². The van der Waals surface area contributed by atoms with Gasteiger partial charge in [-0.1, -0.05) is 91.0 Å². The van der Waals surface area contributed by atoms with Gasteiger partial charge < -0.3 is 9.47 Å². The van der Waals surface area contributed by atoms with Crippen molar-refractivity contribution in [3.05, 3.63) is 103 Å². The van der Waals surface area contributed by atoms with Gasteiger partial charge in [0.1, 0.15) is 0 Å². The van der Waals surface area contributed by atoms with Gasteiger partial charge in [-0.25, -0.2) is 9.59 Å². The van der Waals surface area contributed by atoms with Crippen molar-refractivity contribution in [3.8, 4) is 0 Å². The van der Waals surface area contributed by atoms with Gasteiger partial charge in [-0.3, -0.25) is 0 Å². The molecule has 0 bridgehead atoms. The van der Waals surface area contributed by atoms with Gasteiger partial charge in [0.25, 0.3) is 0 Å². The third-order valence-electron chi connectivity index (χ3n) is 4.94. The first kappa shape index (κ1) is 23.3. The van der Waals surface area contributed by atoms with Crippen LogP contribution in [0, 0.1) is 0 Å². The molecule has 0 N–H and O–H groups in total. The second kappa shape index (κ2) is 11.3. The molecule has 32 heavy (non-hydrogen) atoms. The van der Waals surface area contributed by atoms with E-state index in [2.05, 4.69) is 0 Å². The van der Waals surface area contributed by atoms with Gasteiger partial charge in [0.15, 0.2) is 0 Å². The summed E-state index contributed by atoms with van der Waals surface area (Å²) in [5, 5.41) is 3.42. The average Bonchev–Trinajstić information content (AvgIpc) is 2.84. The van der Waals surface area contributed by atoms with E-state index in [1.807, 2.05) is 91.0 Å². The second-order valence-electron chi connectivity index (χ2n) is 6.87. The van der Waals surface area contributed by atoms with Gasteiger partial charge in [0.2, 0.25) is 0 Å². The zero-order chi connectivity index (χ0) is 22.8. The molecule has 3 aromatic rings. The molecule has 0 unspecified atom stereocenters. The highest BCUT2D eigenvalue weighted by atomic mass is 31.2. The summed E-state index contributed by atoms with van der Waals surface area (Å²) in [4.78, 5) is 25.6. The predicted octanol–water partition coefficient (Wildman–Crippen LogP) is 3.84. The second-order valence-corrected chi connectivity index (χ2v) is 10.2. The Morgan fingerprint density at radius 2 is 1.06 bits per heavy atom. The number of esters is 2. The molecule has 4 nitrogen and oxygen atoms in total. The van der Waals surface area contributed by atoms with Crippen LogP contribution in [-0.4, -0.2) is 30.4 Å². The van der Waals surface area contributed by atoms with Crippen LogP contribution in [0.4, 0.5) is 0 Å². The Bertz CT molecular complexity index is 1020. The molecule has 0 atom stereocenters. The van der Waals surface area contributed by atoms with E-state index in [0.717, 1.165) is 15.9 Å². The molecule has 0 saturated carbocycles. The minimum Gasteiger partial charge on any atom is -0.463 e. The quantitative estimate of drug-likeness (QED) is 0.300. The summed E-state index contributed by atoms with van der Waals surface area (Å²) in [6.07, 6.45) is 2.90. The third-order valence-corrected chi connectivity index (χ3v) is 9.21. The topological polar surface area (TPSA) is 52.6 Å². The fourth-order valence-corrected chi connectivity index (χ4v) is 7.90. The van der Waals surface area contributed by atoms with Crippen LogP contribution in [0.15, 0.2) is 103 Å².